The van der Waals surface area contributed by atoms with E-state index in [1.54, 1.807) is 4.68 Å². The first kappa shape index (κ1) is 15.1. The van der Waals surface area contributed by atoms with Gasteiger partial charge in [-0.1, -0.05) is 0 Å². The van der Waals surface area contributed by atoms with Crippen molar-refractivity contribution in [3.63, 3.8) is 0 Å². The van der Waals surface area contributed by atoms with Gasteiger partial charge in [0.2, 0.25) is 0 Å². The Bertz CT molecular complexity index is 526. The molecule has 7 nitrogen and oxygen atoms in total. The van der Waals surface area contributed by atoms with Gasteiger partial charge >= 0.3 is 6.03 Å². The summed E-state index contributed by atoms with van der Waals surface area (Å²) in [7, 11) is 1.90. The van der Waals surface area contributed by atoms with Crippen LogP contribution in [0.2, 0.25) is 0 Å². The lowest BCUT2D eigenvalue weighted by molar-refractivity contribution is -0.0290. The van der Waals surface area contributed by atoms with E-state index in [0.717, 1.165) is 50.9 Å². The van der Waals surface area contributed by atoms with Crippen LogP contribution in [0.25, 0.3) is 0 Å². The molecular formula is C15H25N5O2. The zero-order chi connectivity index (χ0) is 15.6. The molecule has 1 atom stereocenters. The number of amides is 2. The number of aryl methyl sites for hydroxylation is 1. The first-order valence-electron chi connectivity index (χ1n) is 8.04. The van der Waals surface area contributed by atoms with Crippen molar-refractivity contribution in [1.29, 1.82) is 0 Å². The van der Waals surface area contributed by atoms with E-state index in [9.17, 15) is 9.90 Å². The van der Waals surface area contributed by atoms with Crippen LogP contribution in [0.1, 0.15) is 32.1 Å². The summed E-state index contributed by atoms with van der Waals surface area (Å²) in [6.07, 6.45) is 8.49. The van der Waals surface area contributed by atoms with Crippen LogP contribution < -0.4 is 15.5 Å². The number of nitrogens with zero attached hydrogens (tertiary/aromatic N) is 3. The molecule has 1 saturated heterocycles. The zero-order valence-electron chi connectivity index (χ0n) is 13.1. The molecule has 1 aliphatic carbocycles. The largest absolute Gasteiger partial charge is 0.388 e. The van der Waals surface area contributed by atoms with E-state index < -0.39 is 5.60 Å². The highest BCUT2D eigenvalue weighted by Gasteiger charge is 2.34. The standard InChI is InChI=1S/C15H25N5O2/c1-19-10-13(8-17-19)20-7-2-4-12(9-20)18-14(21)16-11-15(22)5-3-6-15/h8,10,12,22H,2-7,9,11H2,1H3,(H2,16,18,21). The summed E-state index contributed by atoms with van der Waals surface area (Å²) in [6.45, 7) is 2.13. The Hall–Kier alpha value is -1.76. The van der Waals surface area contributed by atoms with Crippen molar-refractivity contribution in [3.8, 4) is 0 Å². The van der Waals surface area contributed by atoms with Crippen LogP contribution in [0.15, 0.2) is 12.4 Å². The average Bonchev–Trinajstić information content (AvgIpc) is 2.90. The number of urea groups is 1. The summed E-state index contributed by atoms with van der Waals surface area (Å²) in [5.74, 6) is 0. The van der Waals surface area contributed by atoms with Gasteiger partial charge in [-0.25, -0.2) is 4.79 Å². The lowest BCUT2D eigenvalue weighted by Crippen LogP contribution is -2.54. The number of piperidine rings is 1. The van der Waals surface area contributed by atoms with Gasteiger partial charge in [-0.2, -0.15) is 5.10 Å². The molecule has 1 aliphatic heterocycles. The molecule has 1 saturated carbocycles. The van der Waals surface area contributed by atoms with Gasteiger partial charge in [0.25, 0.3) is 0 Å². The van der Waals surface area contributed by atoms with E-state index >= 15 is 0 Å². The van der Waals surface area contributed by atoms with E-state index in [-0.39, 0.29) is 12.1 Å². The number of carbonyl (C=O) groups excluding carboxylic acids is 1. The van der Waals surface area contributed by atoms with Crippen LogP contribution in [0.4, 0.5) is 10.5 Å². The molecule has 122 valence electrons. The zero-order valence-corrected chi connectivity index (χ0v) is 13.1. The third-order valence-electron chi connectivity index (χ3n) is 4.68. The third-order valence-corrected chi connectivity index (χ3v) is 4.68. The number of aliphatic hydroxyl groups is 1. The van der Waals surface area contributed by atoms with E-state index in [2.05, 4.69) is 20.6 Å². The molecule has 2 amide bonds. The molecule has 0 spiro atoms. The fraction of sp³-hybridized carbons (Fsp3) is 0.733. The molecule has 2 heterocycles. The minimum atomic E-state index is -0.675. The van der Waals surface area contributed by atoms with Crippen LogP contribution in [-0.4, -0.2) is 52.2 Å². The Labute approximate surface area is 130 Å². The number of aromatic nitrogens is 2. The van der Waals surface area contributed by atoms with Crippen LogP contribution in [-0.2, 0) is 7.05 Å². The average molecular weight is 307 g/mol. The fourth-order valence-corrected chi connectivity index (χ4v) is 3.14. The van der Waals surface area contributed by atoms with Gasteiger partial charge in [0.15, 0.2) is 0 Å². The Morgan fingerprint density at radius 1 is 1.50 bits per heavy atom. The van der Waals surface area contributed by atoms with Gasteiger partial charge in [-0.3, -0.25) is 4.68 Å². The minimum Gasteiger partial charge on any atom is -0.388 e. The van der Waals surface area contributed by atoms with Crippen LogP contribution >= 0.6 is 0 Å². The molecule has 1 aromatic rings. The molecule has 1 aromatic heterocycles. The van der Waals surface area contributed by atoms with Gasteiger partial charge < -0.3 is 20.6 Å². The minimum absolute atomic E-state index is 0.130. The molecule has 3 rings (SSSR count). The topological polar surface area (TPSA) is 82.4 Å². The Morgan fingerprint density at radius 3 is 2.95 bits per heavy atom. The highest BCUT2D eigenvalue weighted by atomic mass is 16.3. The van der Waals surface area contributed by atoms with Gasteiger partial charge in [-0.05, 0) is 32.1 Å². The molecule has 2 fully saturated rings. The molecule has 0 radical (unpaired) electrons. The van der Waals surface area contributed by atoms with Crippen molar-refractivity contribution >= 4 is 11.7 Å². The predicted molar refractivity (Wildman–Crippen MR) is 83.8 cm³/mol. The third kappa shape index (κ3) is 3.52. The molecule has 3 N–H and O–H groups in total. The van der Waals surface area contributed by atoms with Crippen molar-refractivity contribution in [3.05, 3.63) is 12.4 Å². The maximum atomic E-state index is 12.0. The smallest absolute Gasteiger partial charge is 0.315 e. The number of nitrogens with one attached hydrogen (secondary N) is 2. The Morgan fingerprint density at radius 2 is 2.32 bits per heavy atom. The Kier molecular flexibility index (Phi) is 4.24. The number of rotatable bonds is 4. The highest BCUT2D eigenvalue weighted by molar-refractivity contribution is 5.74. The van der Waals surface area contributed by atoms with E-state index in [0.29, 0.717) is 6.54 Å². The number of anilines is 1. The molecule has 0 aromatic carbocycles. The van der Waals surface area contributed by atoms with E-state index in [4.69, 9.17) is 0 Å². The maximum absolute atomic E-state index is 12.0. The fourth-order valence-electron chi connectivity index (χ4n) is 3.14. The van der Waals surface area contributed by atoms with Gasteiger partial charge in [0.05, 0.1) is 17.5 Å². The van der Waals surface area contributed by atoms with Crippen LogP contribution in [0, 0.1) is 0 Å². The second kappa shape index (κ2) is 6.16. The summed E-state index contributed by atoms with van der Waals surface area (Å²) >= 11 is 0. The van der Waals surface area contributed by atoms with Crippen molar-refractivity contribution in [2.24, 2.45) is 7.05 Å². The van der Waals surface area contributed by atoms with Crippen LogP contribution in [0.5, 0.6) is 0 Å². The molecular weight excluding hydrogens is 282 g/mol. The van der Waals surface area contributed by atoms with E-state index in [1.807, 2.05) is 19.4 Å². The summed E-state index contributed by atoms with van der Waals surface area (Å²) in [5.41, 5.74) is 0.421. The Balaban J connectivity index is 1.46. The lowest BCUT2D eigenvalue weighted by atomic mass is 9.80. The number of hydrogen-bond donors (Lipinski definition) is 3. The highest BCUT2D eigenvalue weighted by Crippen LogP contribution is 2.30. The lowest BCUT2D eigenvalue weighted by Gasteiger charge is -2.37. The van der Waals surface area contributed by atoms with Crippen molar-refractivity contribution in [2.75, 3.05) is 24.5 Å². The number of carbonyl (C=O) groups is 1. The summed E-state index contributed by atoms with van der Waals surface area (Å²) < 4.78 is 1.79. The molecule has 22 heavy (non-hydrogen) atoms. The molecule has 0 bridgehead atoms. The normalized spacial score (nSPS) is 23.7. The monoisotopic (exact) mass is 307 g/mol. The van der Waals surface area contributed by atoms with Gasteiger partial charge in [-0.15, -0.1) is 0 Å². The second-order valence-corrected chi connectivity index (χ2v) is 6.56. The summed E-state index contributed by atoms with van der Waals surface area (Å²) in [4.78, 5) is 14.2. The van der Waals surface area contributed by atoms with Crippen molar-refractivity contribution in [1.82, 2.24) is 20.4 Å². The SMILES string of the molecule is Cn1cc(N2CCCC(NC(=O)NCC3(O)CCC3)C2)cn1. The van der Waals surface area contributed by atoms with E-state index in [1.165, 1.54) is 0 Å². The van der Waals surface area contributed by atoms with Crippen molar-refractivity contribution < 1.29 is 9.90 Å². The van der Waals surface area contributed by atoms with Crippen LogP contribution in [0.3, 0.4) is 0 Å². The molecule has 2 aliphatic rings. The first-order valence-corrected chi connectivity index (χ1v) is 8.04. The van der Waals surface area contributed by atoms with Gasteiger partial charge in [0.1, 0.15) is 0 Å². The van der Waals surface area contributed by atoms with Crippen molar-refractivity contribution in [2.45, 2.75) is 43.7 Å². The summed E-state index contributed by atoms with van der Waals surface area (Å²) in [5, 5.41) is 20.0. The maximum Gasteiger partial charge on any atom is 0.315 e. The molecule has 1 unspecified atom stereocenters. The summed E-state index contributed by atoms with van der Waals surface area (Å²) in [6, 6.07) is -0.0525. The molecule has 7 heteroatoms. The predicted octanol–water partition coefficient (Wildman–Crippen LogP) is 0.603. The first-order chi connectivity index (χ1) is 10.5. The second-order valence-electron chi connectivity index (χ2n) is 6.56. The number of hydrogen-bond acceptors (Lipinski definition) is 4. The van der Waals surface area contributed by atoms with Gasteiger partial charge in [0, 0.05) is 38.9 Å². The quantitative estimate of drug-likeness (QED) is 0.761.